The van der Waals surface area contributed by atoms with E-state index in [0.717, 1.165) is 5.56 Å². The van der Waals surface area contributed by atoms with Crippen molar-refractivity contribution in [2.45, 2.75) is 26.5 Å². The quantitative estimate of drug-likeness (QED) is 0.808. The minimum Gasteiger partial charge on any atom is -0.467 e. The molecule has 1 heterocycles. The van der Waals surface area contributed by atoms with Crippen molar-refractivity contribution in [1.82, 2.24) is 10.2 Å². The van der Waals surface area contributed by atoms with Crippen LogP contribution in [0.5, 0.6) is 0 Å². The summed E-state index contributed by atoms with van der Waals surface area (Å²) in [5.41, 5.74) is 1.44. The first kappa shape index (κ1) is 18.7. The molecule has 0 radical (unpaired) electrons. The van der Waals surface area contributed by atoms with Gasteiger partial charge in [0.1, 0.15) is 11.9 Å². The molecule has 1 unspecified atom stereocenters. The van der Waals surface area contributed by atoms with Crippen molar-refractivity contribution in [2.75, 3.05) is 13.6 Å². The zero-order chi connectivity index (χ0) is 18.4. The van der Waals surface area contributed by atoms with Crippen LogP contribution in [0.2, 0.25) is 0 Å². The normalized spacial score (nSPS) is 12.0. The van der Waals surface area contributed by atoms with E-state index in [1.807, 2.05) is 26.0 Å². The van der Waals surface area contributed by atoms with Gasteiger partial charge in [-0.2, -0.15) is 0 Å². The summed E-state index contributed by atoms with van der Waals surface area (Å²) in [7, 11) is 1.76. The van der Waals surface area contributed by atoms with E-state index in [2.05, 4.69) is 5.32 Å². The number of nitrogens with zero attached hydrogens (tertiary/aromatic N) is 1. The van der Waals surface area contributed by atoms with E-state index < -0.39 is 6.10 Å². The number of aliphatic hydroxyl groups is 1. The molecule has 1 aromatic carbocycles. The average Bonchev–Trinajstić information content (AvgIpc) is 3.13. The number of amides is 2. The van der Waals surface area contributed by atoms with E-state index in [1.165, 1.54) is 6.26 Å². The van der Waals surface area contributed by atoms with Crippen molar-refractivity contribution in [3.63, 3.8) is 0 Å². The predicted molar refractivity (Wildman–Crippen MR) is 93.8 cm³/mol. The maximum atomic E-state index is 12.1. The third-order valence-corrected chi connectivity index (χ3v) is 3.83. The number of aliphatic hydroxyl groups excluding tert-OH is 1. The second-order valence-corrected chi connectivity index (χ2v) is 6.29. The minimum absolute atomic E-state index is 0.0457. The van der Waals surface area contributed by atoms with Crippen LogP contribution in [-0.2, 0) is 11.3 Å². The van der Waals surface area contributed by atoms with Gasteiger partial charge in [0, 0.05) is 25.1 Å². The summed E-state index contributed by atoms with van der Waals surface area (Å²) in [6.45, 7) is 4.29. The Morgan fingerprint density at radius 2 is 1.88 bits per heavy atom. The van der Waals surface area contributed by atoms with Crippen LogP contribution in [0.25, 0.3) is 0 Å². The molecular formula is C19H24N2O4. The molecule has 0 aliphatic carbocycles. The van der Waals surface area contributed by atoms with Crippen molar-refractivity contribution < 1.29 is 19.1 Å². The molecule has 6 heteroatoms. The summed E-state index contributed by atoms with van der Waals surface area (Å²) in [6.07, 6.45) is 0.592. The largest absolute Gasteiger partial charge is 0.467 e. The highest BCUT2D eigenvalue weighted by Gasteiger charge is 2.15. The first-order valence-corrected chi connectivity index (χ1v) is 8.22. The van der Waals surface area contributed by atoms with Crippen molar-refractivity contribution >= 4 is 11.8 Å². The molecule has 0 aliphatic heterocycles. The van der Waals surface area contributed by atoms with Crippen LogP contribution in [0.3, 0.4) is 0 Å². The average molecular weight is 344 g/mol. The molecule has 134 valence electrons. The van der Waals surface area contributed by atoms with Gasteiger partial charge in [-0.15, -0.1) is 0 Å². The zero-order valence-corrected chi connectivity index (χ0v) is 14.7. The molecule has 0 aliphatic rings. The van der Waals surface area contributed by atoms with Gasteiger partial charge in [0.05, 0.1) is 12.8 Å². The highest BCUT2D eigenvalue weighted by molar-refractivity contribution is 5.94. The number of hydrogen-bond acceptors (Lipinski definition) is 4. The fraction of sp³-hybridized carbons (Fsp3) is 0.368. The molecule has 6 nitrogen and oxygen atoms in total. The zero-order valence-electron chi connectivity index (χ0n) is 14.7. The van der Waals surface area contributed by atoms with E-state index in [9.17, 15) is 14.7 Å². The Labute approximate surface area is 147 Å². The number of rotatable bonds is 7. The van der Waals surface area contributed by atoms with E-state index in [0.29, 0.717) is 17.9 Å². The van der Waals surface area contributed by atoms with Gasteiger partial charge in [-0.3, -0.25) is 9.59 Å². The second-order valence-electron chi connectivity index (χ2n) is 6.29. The van der Waals surface area contributed by atoms with Crippen LogP contribution >= 0.6 is 0 Å². The van der Waals surface area contributed by atoms with Crippen LogP contribution in [0.4, 0.5) is 0 Å². The van der Waals surface area contributed by atoms with Crippen molar-refractivity contribution in [2.24, 2.45) is 5.92 Å². The van der Waals surface area contributed by atoms with E-state index in [1.54, 1.807) is 36.2 Å². The Bertz CT molecular complexity index is 693. The first-order valence-electron chi connectivity index (χ1n) is 8.22. The molecule has 1 aromatic heterocycles. The molecule has 2 rings (SSSR count). The lowest BCUT2D eigenvalue weighted by atomic mass is 10.1. The second kappa shape index (κ2) is 8.48. The summed E-state index contributed by atoms with van der Waals surface area (Å²) in [5.74, 6) is 0.168. The molecule has 0 saturated heterocycles. The van der Waals surface area contributed by atoms with E-state index in [4.69, 9.17) is 4.42 Å². The van der Waals surface area contributed by atoms with Gasteiger partial charge in [-0.1, -0.05) is 26.0 Å². The molecule has 2 amide bonds. The lowest BCUT2D eigenvalue weighted by Gasteiger charge is -2.19. The third-order valence-electron chi connectivity index (χ3n) is 3.83. The first-order chi connectivity index (χ1) is 11.9. The Morgan fingerprint density at radius 1 is 1.20 bits per heavy atom. The minimum atomic E-state index is -0.881. The van der Waals surface area contributed by atoms with Crippen LogP contribution in [0.15, 0.2) is 47.1 Å². The number of furan rings is 1. The van der Waals surface area contributed by atoms with Crippen molar-refractivity contribution in [3.05, 3.63) is 59.5 Å². The molecule has 2 aromatic rings. The van der Waals surface area contributed by atoms with Gasteiger partial charge in [0.2, 0.25) is 5.91 Å². The van der Waals surface area contributed by atoms with E-state index in [-0.39, 0.29) is 24.3 Å². The maximum absolute atomic E-state index is 12.1. The van der Waals surface area contributed by atoms with Gasteiger partial charge in [-0.05, 0) is 29.8 Å². The molecule has 0 fully saturated rings. The van der Waals surface area contributed by atoms with Crippen molar-refractivity contribution in [1.29, 1.82) is 0 Å². The Kier molecular flexibility index (Phi) is 6.36. The predicted octanol–water partition coefficient (Wildman–Crippen LogP) is 2.36. The molecular weight excluding hydrogens is 320 g/mol. The van der Waals surface area contributed by atoms with E-state index >= 15 is 0 Å². The number of benzene rings is 1. The maximum Gasteiger partial charge on any atom is 0.251 e. The molecule has 25 heavy (non-hydrogen) atoms. The fourth-order valence-corrected chi connectivity index (χ4v) is 2.43. The summed E-state index contributed by atoms with van der Waals surface area (Å²) < 4.78 is 5.09. The third kappa shape index (κ3) is 5.19. The number of nitrogens with one attached hydrogen (secondary N) is 1. The topological polar surface area (TPSA) is 82.8 Å². The molecule has 2 N–H and O–H groups in total. The Morgan fingerprint density at radius 3 is 2.44 bits per heavy atom. The summed E-state index contributed by atoms with van der Waals surface area (Å²) in [6, 6.07) is 10.4. The van der Waals surface area contributed by atoms with Crippen LogP contribution in [0.1, 0.15) is 41.6 Å². The Balaban J connectivity index is 1.88. The smallest absolute Gasteiger partial charge is 0.251 e. The monoisotopic (exact) mass is 344 g/mol. The standard InChI is InChI=1S/C19H24N2O4/c1-13(2)19(24)21(3)12-14-6-8-15(9-7-14)18(23)20-11-16(22)17-5-4-10-25-17/h4-10,13,16,22H,11-12H2,1-3H3,(H,20,23). The lowest BCUT2D eigenvalue weighted by Crippen LogP contribution is -2.30. The lowest BCUT2D eigenvalue weighted by molar-refractivity contribution is -0.133. The van der Waals surface area contributed by atoms with Gasteiger partial charge < -0.3 is 19.7 Å². The highest BCUT2D eigenvalue weighted by atomic mass is 16.4. The van der Waals surface area contributed by atoms with Crippen LogP contribution in [0, 0.1) is 5.92 Å². The highest BCUT2D eigenvalue weighted by Crippen LogP contribution is 2.13. The van der Waals surface area contributed by atoms with Gasteiger partial charge >= 0.3 is 0 Å². The van der Waals surface area contributed by atoms with Crippen molar-refractivity contribution in [3.8, 4) is 0 Å². The molecule has 0 bridgehead atoms. The SMILES string of the molecule is CC(C)C(=O)N(C)Cc1ccc(C(=O)NCC(O)c2ccco2)cc1. The number of hydrogen-bond donors (Lipinski definition) is 2. The molecule has 0 saturated carbocycles. The van der Waals surface area contributed by atoms with Gasteiger partial charge in [-0.25, -0.2) is 0 Å². The number of carbonyl (C=O) groups is 2. The number of carbonyl (C=O) groups excluding carboxylic acids is 2. The summed E-state index contributed by atoms with van der Waals surface area (Å²) in [5, 5.41) is 12.6. The Hall–Kier alpha value is -2.60. The van der Waals surface area contributed by atoms with Crippen LogP contribution < -0.4 is 5.32 Å². The van der Waals surface area contributed by atoms with Crippen LogP contribution in [-0.4, -0.2) is 35.4 Å². The van der Waals surface area contributed by atoms with Gasteiger partial charge in [0.15, 0.2) is 0 Å². The summed E-state index contributed by atoms with van der Waals surface area (Å²) >= 11 is 0. The molecule has 0 spiro atoms. The fourth-order valence-electron chi connectivity index (χ4n) is 2.43. The molecule has 1 atom stereocenters. The summed E-state index contributed by atoms with van der Waals surface area (Å²) in [4.78, 5) is 25.7. The van der Waals surface area contributed by atoms with Gasteiger partial charge in [0.25, 0.3) is 5.91 Å².